The van der Waals surface area contributed by atoms with Gasteiger partial charge in [-0.05, 0) is 51.9 Å². The van der Waals surface area contributed by atoms with Crippen molar-refractivity contribution in [2.75, 3.05) is 38.7 Å². The van der Waals surface area contributed by atoms with Crippen molar-refractivity contribution in [2.45, 2.75) is 143 Å². The van der Waals surface area contributed by atoms with E-state index in [-0.39, 0.29) is 103 Å². The van der Waals surface area contributed by atoms with Crippen LogP contribution in [-0.4, -0.2) is 142 Å². The summed E-state index contributed by atoms with van der Waals surface area (Å²) in [6.45, 7) is 5.90. The summed E-state index contributed by atoms with van der Waals surface area (Å²) in [7, 11) is -4.05. The molecule has 0 saturated carbocycles. The molecule has 1 aromatic rings. The van der Waals surface area contributed by atoms with Crippen molar-refractivity contribution >= 4 is 63.0 Å². The van der Waals surface area contributed by atoms with E-state index in [0.29, 0.717) is 37.3 Å². The van der Waals surface area contributed by atoms with Crippen molar-refractivity contribution in [3.8, 4) is 0 Å². The number of carboxylic acids is 3. The number of hydrogen-bond acceptors (Lipinski definition) is 16. The number of nitrogens with one attached hydrogen (secondary N) is 4. The summed E-state index contributed by atoms with van der Waals surface area (Å²) in [5.41, 5.74) is 0. The Bertz CT molecular complexity index is 1690. The molecular weight excluding hydrogens is 867 g/mol. The van der Waals surface area contributed by atoms with Crippen molar-refractivity contribution in [3.05, 3.63) is 5.82 Å². The minimum absolute atomic E-state index is 0. The van der Waals surface area contributed by atoms with Crippen LogP contribution in [0.25, 0.3) is 0 Å². The van der Waals surface area contributed by atoms with Crippen molar-refractivity contribution in [1.82, 2.24) is 36.0 Å². The minimum atomic E-state index is -4.05. The highest BCUT2D eigenvalue weighted by molar-refractivity contribution is 7.90. The smallest absolute Gasteiger partial charge is 0.326 e. The standard InChI is InChI=1S/C27H43N7O13S.C12H22O3.CH4/c1-18(35)17-47-14-13-46-12-11-28-23(37)10-7-19(26(40)41)16-20(36)8-9-21(27(42)43)29-24(38)6-3-15-48(44,45)32-25(39)5-2-4-22-30-33-34-31-22;1-3-10(12(14)15)8-6-5-7-9-11(13)4-2;/h19,21H,2-17H2,1H3,(H,28,37)(H,29,38)(H,32,39)(H,40,41)(H,42,43)(H,30,31,33,34);10H,3-9H2,1-2H3,(H,14,15);1H4. The summed E-state index contributed by atoms with van der Waals surface area (Å²) < 4.78 is 36.4. The molecule has 0 aliphatic rings. The molecule has 0 bridgehead atoms. The Morgan fingerprint density at radius 1 is 0.703 bits per heavy atom. The third-order valence-electron chi connectivity index (χ3n) is 9.16. The van der Waals surface area contributed by atoms with Crippen LogP contribution in [0.3, 0.4) is 0 Å². The van der Waals surface area contributed by atoms with Crippen LogP contribution in [0.2, 0.25) is 0 Å². The normalized spacial score (nSPS) is 12.2. The number of tetrazole rings is 1. The number of aromatic amines is 1. The summed E-state index contributed by atoms with van der Waals surface area (Å²) in [5, 5.41) is 45.5. The molecule has 0 fully saturated rings. The quantitative estimate of drug-likeness (QED) is 0.0469. The maximum absolute atomic E-state index is 12.4. The fraction of sp³-hybridized carbons (Fsp3) is 0.750. The molecule has 3 atom stereocenters. The average molecular weight is 936 g/mol. The summed E-state index contributed by atoms with van der Waals surface area (Å²) in [6, 6.07) is -1.49. The van der Waals surface area contributed by atoms with E-state index < -0.39 is 75.6 Å². The SMILES string of the molecule is C.CC(=O)COCCOCCNC(=O)CCC(CC(=O)CCC(NC(=O)CCCS(=O)(=O)NC(=O)CCCc1nn[nH]n1)C(=O)O)C(=O)O.CCC(=O)CCCCCC(CC)C(=O)O. The van der Waals surface area contributed by atoms with E-state index in [9.17, 15) is 61.8 Å². The fourth-order valence-electron chi connectivity index (χ4n) is 5.57. The molecule has 366 valence electrons. The van der Waals surface area contributed by atoms with Gasteiger partial charge in [0.15, 0.2) is 11.6 Å². The Morgan fingerprint density at radius 2 is 1.38 bits per heavy atom. The lowest BCUT2D eigenvalue weighted by Gasteiger charge is -2.15. The Morgan fingerprint density at radius 3 is 1.97 bits per heavy atom. The molecule has 23 nitrogen and oxygen atoms in total. The number of aliphatic carboxylic acids is 3. The lowest BCUT2D eigenvalue weighted by molar-refractivity contribution is -0.145. The maximum atomic E-state index is 12.4. The Kier molecular flexibility index (Phi) is 34.4. The van der Waals surface area contributed by atoms with Crippen molar-refractivity contribution in [1.29, 1.82) is 0 Å². The molecule has 1 rings (SSSR count). The number of aromatic nitrogens is 4. The number of H-pyrrole nitrogens is 1. The number of ether oxygens (including phenoxy) is 2. The molecule has 0 aliphatic heterocycles. The lowest BCUT2D eigenvalue weighted by Crippen LogP contribution is -2.41. The zero-order chi connectivity index (χ0) is 47.6. The van der Waals surface area contributed by atoms with Crippen LogP contribution >= 0.6 is 0 Å². The highest BCUT2D eigenvalue weighted by atomic mass is 32.2. The van der Waals surface area contributed by atoms with E-state index >= 15 is 0 Å². The van der Waals surface area contributed by atoms with Gasteiger partial charge >= 0.3 is 17.9 Å². The van der Waals surface area contributed by atoms with Gasteiger partial charge in [-0.25, -0.2) is 13.2 Å². The highest BCUT2D eigenvalue weighted by Gasteiger charge is 2.26. The third-order valence-corrected chi connectivity index (χ3v) is 10.5. The first-order chi connectivity index (χ1) is 29.8. The second kappa shape index (κ2) is 36.1. The van der Waals surface area contributed by atoms with Crippen LogP contribution < -0.4 is 15.4 Å². The predicted octanol–water partition coefficient (Wildman–Crippen LogP) is 1.94. The van der Waals surface area contributed by atoms with Crippen LogP contribution in [0.5, 0.6) is 0 Å². The lowest BCUT2D eigenvalue weighted by atomic mass is 9.94. The van der Waals surface area contributed by atoms with Gasteiger partial charge in [-0.2, -0.15) is 5.21 Å². The van der Waals surface area contributed by atoms with E-state index in [1.165, 1.54) is 6.92 Å². The van der Waals surface area contributed by atoms with Gasteiger partial charge in [0, 0.05) is 57.9 Å². The maximum Gasteiger partial charge on any atom is 0.326 e. The first-order valence-corrected chi connectivity index (χ1v) is 22.6. The topological polar surface area (TPSA) is 357 Å². The molecule has 1 heterocycles. The first kappa shape index (κ1) is 60.9. The van der Waals surface area contributed by atoms with Gasteiger partial charge in [0.1, 0.15) is 24.2 Å². The largest absolute Gasteiger partial charge is 0.481 e. The van der Waals surface area contributed by atoms with Gasteiger partial charge in [0.05, 0.1) is 37.4 Å². The number of rotatable bonds is 37. The molecule has 0 aliphatic carbocycles. The monoisotopic (exact) mass is 935 g/mol. The summed E-state index contributed by atoms with van der Waals surface area (Å²) in [5.74, 6) is -7.43. The number of sulfonamides is 1. The number of carbonyl (C=O) groups is 9. The van der Waals surface area contributed by atoms with Crippen molar-refractivity contribution < 1.29 is 76.4 Å². The number of carboxylic acid groups (broad SMARTS) is 3. The van der Waals surface area contributed by atoms with E-state index in [0.717, 1.165) is 25.7 Å². The van der Waals surface area contributed by atoms with Gasteiger partial charge in [-0.15, -0.1) is 10.2 Å². The molecular formula is C40H69N7O16S. The van der Waals surface area contributed by atoms with Gasteiger partial charge in [0.2, 0.25) is 27.7 Å². The second-order valence-electron chi connectivity index (χ2n) is 14.6. The van der Waals surface area contributed by atoms with Gasteiger partial charge in [-0.1, -0.05) is 39.3 Å². The van der Waals surface area contributed by atoms with Crippen LogP contribution in [-0.2, 0) is 69.1 Å². The number of carbonyl (C=O) groups excluding carboxylic acids is 6. The molecule has 24 heteroatoms. The molecule has 0 aromatic carbocycles. The zero-order valence-corrected chi connectivity index (χ0v) is 37.2. The number of amides is 3. The molecule has 0 saturated heterocycles. The second-order valence-corrected chi connectivity index (χ2v) is 16.4. The number of aryl methyl sites for hydroxylation is 1. The zero-order valence-electron chi connectivity index (χ0n) is 36.4. The number of Topliss-reactive ketones (excluding diaryl/α,β-unsaturated/α-hetero) is 3. The van der Waals surface area contributed by atoms with E-state index in [2.05, 4.69) is 31.3 Å². The number of nitrogens with zero attached hydrogens (tertiary/aromatic N) is 3. The summed E-state index contributed by atoms with van der Waals surface area (Å²) in [6.07, 6.45) is 3.88. The average Bonchev–Trinajstić information content (AvgIpc) is 3.73. The van der Waals surface area contributed by atoms with Crippen LogP contribution in [0.15, 0.2) is 0 Å². The Balaban J connectivity index is 0. The Hall–Kier alpha value is -5.23. The number of hydrogen-bond donors (Lipinski definition) is 7. The van der Waals surface area contributed by atoms with E-state index in [1.54, 1.807) is 0 Å². The van der Waals surface area contributed by atoms with Crippen molar-refractivity contribution in [2.24, 2.45) is 11.8 Å². The van der Waals surface area contributed by atoms with Crippen LogP contribution in [0, 0.1) is 11.8 Å². The molecule has 0 radical (unpaired) electrons. The first-order valence-electron chi connectivity index (χ1n) is 21.0. The summed E-state index contributed by atoms with van der Waals surface area (Å²) >= 11 is 0. The van der Waals surface area contributed by atoms with Crippen LogP contribution in [0.4, 0.5) is 0 Å². The molecule has 0 spiro atoms. The Labute approximate surface area is 374 Å². The van der Waals surface area contributed by atoms with E-state index in [1.807, 2.05) is 18.6 Å². The predicted molar refractivity (Wildman–Crippen MR) is 229 cm³/mol. The van der Waals surface area contributed by atoms with Crippen molar-refractivity contribution in [3.63, 3.8) is 0 Å². The number of unbranched alkanes of at least 4 members (excludes halogenated alkanes) is 2. The van der Waals surface area contributed by atoms with Gasteiger partial charge in [0.25, 0.3) is 0 Å². The third kappa shape index (κ3) is 33.3. The van der Waals surface area contributed by atoms with E-state index in [4.69, 9.17) is 14.6 Å². The summed E-state index contributed by atoms with van der Waals surface area (Å²) in [4.78, 5) is 104. The molecule has 3 amide bonds. The fourth-order valence-corrected chi connectivity index (χ4v) is 6.65. The molecule has 1 aromatic heterocycles. The molecule has 3 unspecified atom stereocenters. The molecule has 7 N–H and O–H groups in total. The highest BCUT2D eigenvalue weighted by Crippen LogP contribution is 2.16. The molecule has 64 heavy (non-hydrogen) atoms. The number of ketones is 3. The van der Waals surface area contributed by atoms with Crippen LogP contribution in [0.1, 0.15) is 137 Å². The van der Waals surface area contributed by atoms with Gasteiger partial charge in [-0.3, -0.25) is 43.1 Å². The minimum Gasteiger partial charge on any atom is -0.481 e. The van der Waals surface area contributed by atoms with Gasteiger partial charge < -0.3 is 35.4 Å².